The van der Waals surface area contributed by atoms with Gasteiger partial charge in [0.15, 0.2) is 0 Å². The molecule has 0 saturated heterocycles. The van der Waals surface area contributed by atoms with Gasteiger partial charge in [0, 0.05) is 23.8 Å². The molecule has 140 valence electrons. The average Bonchev–Trinajstić information content (AvgIpc) is 2.89. The van der Waals surface area contributed by atoms with Crippen LogP contribution in [-0.4, -0.2) is 26.7 Å². The van der Waals surface area contributed by atoms with Gasteiger partial charge in [-0.1, -0.05) is 6.07 Å². The molecule has 2 unspecified atom stereocenters. The van der Waals surface area contributed by atoms with E-state index in [1.165, 1.54) is 0 Å². The van der Waals surface area contributed by atoms with E-state index in [9.17, 15) is 13.5 Å². The van der Waals surface area contributed by atoms with Gasteiger partial charge in [-0.25, -0.2) is 13.6 Å². The number of hydrogen-bond acceptors (Lipinski definition) is 5. The Bertz CT molecular complexity index is 925. The van der Waals surface area contributed by atoms with Crippen molar-refractivity contribution in [2.75, 3.05) is 12.0 Å². The normalized spacial score (nSPS) is 17.9. The lowest BCUT2D eigenvalue weighted by molar-refractivity contribution is 0.199. The maximum absolute atomic E-state index is 11.6. The van der Waals surface area contributed by atoms with Crippen molar-refractivity contribution in [3.63, 3.8) is 0 Å². The first-order chi connectivity index (χ1) is 12.2. The Morgan fingerprint density at radius 2 is 2.04 bits per heavy atom. The van der Waals surface area contributed by atoms with Crippen LogP contribution in [-0.2, 0) is 23.0 Å². The van der Waals surface area contributed by atoms with Crippen LogP contribution >= 0.6 is 0 Å². The van der Waals surface area contributed by atoms with Crippen molar-refractivity contribution < 1.29 is 18.3 Å². The smallest absolute Gasteiger partial charge is 0.238 e. The fourth-order valence-electron chi connectivity index (χ4n) is 3.45. The molecule has 2 atom stereocenters. The van der Waals surface area contributed by atoms with E-state index in [1.54, 1.807) is 26.2 Å². The van der Waals surface area contributed by atoms with Gasteiger partial charge in [-0.15, -0.1) is 0 Å². The molecule has 0 bridgehead atoms. The molecule has 0 saturated carbocycles. The molecule has 2 aromatic carbocycles. The Labute approximate surface area is 154 Å². The standard InChI is InChI=1S/C19H24N2O4S/c1-12-8-15-10-17(26(20,23)24)5-6-18(15)21(12)11-16-9-14(13(2)22)4-7-19(16)25-3/h4-7,9-10,12-13,22H,8,11H2,1-3H3,(H2,20,23,24). The van der Waals surface area contributed by atoms with E-state index >= 15 is 0 Å². The maximum Gasteiger partial charge on any atom is 0.238 e. The van der Waals surface area contributed by atoms with Crippen LogP contribution < -0.4 is 14.8 Å². The van der Waals surface area contributed by atoms with Gasteiger partial charge >= 0.3 is 0 Å². The molecule has 0 amide bonds. The molecule has 0 aromatic heterocycles. The van der Waals surface area contributed by atoms with Crippen LogP contribution in [0.4, 0.5) is 5.69 Å². The van der Waals surface area contributed by atoms with E-state index in [0.717, 1.165) is 34.5 Å². The van der Waals surface area contributed by atoms with Gasteiger partial charge in [-0.3, -0.25) is 0 Å². The molecule has 0 radical (unpaired) electrons. The number of nitrogens with two attached hydrogens (primary N) is 1. The summed E-state index contributed by atoms with van der Waals surface area (Å²) in [4.78, 5) is 2.35. The van der Waals surface area contributed by atoms with E-state index in [1.807, 2.05) is 24.3 Å². The Morgan fingerprint density at radius 1 is 1.31 bits per heavy atom. The summed E-state index contributed by atoms with van der Waals surface area (Å²) < 4.78 is 28.7. The number of aliphatic hydroxyl groups is 1. The lowest BCUT2D eigenvalue weighted by atomic mass is 10.1. The van der Waals surface area contributed by atoms with E-state index in [-0.39, 0.29) is 10.9 Å². The third-order valence-corrected chi connectivity index (χ3v) is 5.77. The predicted octanol–water partition coefficient (Wildman–Crippen LogP) is 2.35. The Kier molecular flexibility index (Phi) is 4.96. The number of ether oxygens (including phenoxy) is 1. The minimum Gasteiger partial charge on any atom is -0.496 e. The molecule has 6 nitrogen and oxygen atoms in total. The summed E-state index contributed by atoms with van der Waals surface area (Å²) in [6.07, 6.45) is 0.192. The predicted molar refractivity (Wildman–Crippen MR) is 101 cm³/mol. The van der Waals surface area contributed by atoms with E-state index in [4.69, 9.17) is 9.88 Å². The zero-order valence-electron chi connectivity index (χ0n) is 15.1. The maximum atomic E-state index is 11.6. The molecule has 0 aliphatic carbocycles. The summed E-state index contributed by atoms with van der Waals surface area (Å²) in [6, 6.07) is 10.9. The quantitative estimate of drug-likeness (QED) is 0.836. The number of methoxy groups -OCH3 is 1. The van der Waals surface area contributed by atoms with Crippen LogP contribution in [0.15, 0.2) is 41.3 Å². The van der Waals surface area contributed by atoms with Crippen LogP contribution in [0.3, 0.4) is 0 Å². The third-order valence-electron chi connectivity index (χ3n) is 4.86. The molecule has 3 N–H and O–H groups in total. The van der Waals surface area contributed by atoms with Gasteiger partial charge in [0.25, 0.3) is 0 Å². The molecule has 1 heterocycles. The zero-order chi connectivity index (χ0) is 19.1. The fraction of sp³-hybridized carbons (Fsp3) is 0.368. The average molecular weight is 376 g/mol. The fourth-order valence-corrected chi connectivity index (χ4v) is 4.02. The van der Waals surface area contributed by atoms with Crippen LogP contribution in [0.5, 0.6) is 5.75 Å². The summed E-state index contributed by atoms with van der Waals surface area (Å²) in [6.45, 7) is 4.43. The van der Waals surface area contributed by atoms with Gasteiger partial charge in [0.05, 0.1) is 18.1 Å². The van der Waals surface area contributed by atoms with E-state index in [2.05, 4.69) is 11.8 Å². The SMILES string of the molecule is COc1ccc(C(C)O)cc1CN1c2ccc(S(N)(=O)=O)cc2CC1C. The van der Waals surface area contributed by atoms with Crippen LogP contribution in [0.1, 0.15) is 36.6 Å². The first kappa shape index (κ1) is 18.7. The number of primary sulfonamides is 1. The molecule has 3 rings (SSSR count). The van der Waals surface area contributed by atoms with Crippen molar-refractivity contribution in [3.8, 4) is 5.75 Å². The minimum atomic E-state index is -3.71. The molecule has 1 aliphatic rings. The van der Waals surface area contributed by atoms with Crippen molar-refractivity contribution in [1.29, 1.82) is 0 Å². The minimum absolute atomic E-state index is 0.138. The molecule has 0 spiro atoms. The number of nitrogens with zero attached hydrogens (tertiary/aromatic N) is 1. The highest BCUT2D eigenvalue weighted by Crippen LogP contribution is 2.36. The molecule has 26 heavy (non-hydrogen) atoms. The summed E-state index contributed by atoms with van der Waals surface area (Å²) >= 11 is 0. The highest BCUT2D eigenvalue weighted by molar-refractivity contribution is 7.89. The molecular weight excluding hydrogens is 352 g/mol. The summed E-state index contributed by atoms with van der Waals surface area (Å²) in [5.41, 5.74) is 3.77. The number of hydrogen-bond donors (Lipinski definition) is 2. The molecule has 0 fully saturated rings. The highest BCUT2D eigenvalue weighted by Gasteiger charge is 2.28. The first-order valence-corrected chi connectivity index (χ1v) is 10.0. The van der Waals surface area contributed by atoms with Gasteiger partial charge in [0.1, 0.15) is 5.75 Å². The van der Waals surface area contributed by atoms with Crippen LogP contribution in [0.25, 0.3) is 0 Å². The van der Waals surface area contributed by atoms with Crippen molar-refractivity contribution in [3.05, 3.63) is 53.1 Å². The van der Waals surface area contributed by atoms with Crippen molar-refractivity contribution in [1.82, 2.24) is 0 Å². The number of rotatable bonds is 5. The van der Waals surface area contributed by atoms with Crippen molar-refractivity contribution in [2.45, 2.75) is 43.9 Å². The molecule has 7 heteroatoms. The van der Waals surface area contributed by atoms with Gasteiger partial charge < -0.3 is 14.7 Å². The monoisotopic (exact) mass is 376 g/mol. The molecular formula is C19H24N2O4S. The Balaban J connectivity index is 1.96. The van der Waals surface area contributed by atoms with E-state index in [0.29, 0.717) is 6.54 Å². The summed E-state index contributed by atoms with van der Waals surface area (Å²) in [5, 5.41) is 15.1. The number of benzene rings is 2. The van der Waals surface area contributed by atoms with Crippen molar-refractivity contribution >= 4 is 15.7 Å². The summed E-state index contributed by atoms with van der Waals surface area (Å²) in [5.74, 6) is 0.760. The van der Waals surface area contributed by atoms with Crippen LogP contribution in [0.2, 0.25) is 0 Å². The zero-order valence-corrected chi connectivity index (χ0v) is 16.0. The second kappa shape index (κ2) is 6.90. The lowest BCUT2D eigenvalue weighted by Crippen LogP contribution is -2.28. The number of aliphatic hydroxyl groups excluding tert-OH is 1. The Hall–Kier alpha value is -2.09. The number of fused-ring (bicyclic) bond motifs is 1. The highest BCUT2D eigenvalue weighted by atomic mass is 32.2. The molecule has 2 aromatic rings. The summed E-state index contributed by atoms with van der Waals surface area (Å²) in [7, 11) is -2.08. The molecule has 1 aliphatic heterocycles. The number of anilines is 1. The Morgan fingerprint density at radius 3 is 2.65 bits per heavy atom. The van der Waals surface area contributed by atoms with E-state index < -0.39 is 16.1 Å². The van der Waals surface area contributed by atoms with Crippen molar-refractivity contribution in [2.24, 2.45) is 5.14 Å². The lowest BCUT2D eigenvalue weighted by Gasteiger charge is -2.26. The second-order valence-corrected chi connectivity index (χ2v) is 8.33. The largest absolute Gasteiger partial charge is 0.496 e. The van der Waals surface area contributed by atoms with Crippen LogP contribution in [0, 0.1) is 0 Å². The second-order valence-electron chi connectivity index (χ2n) is 6.76. The third kappa shape index (κ3) is 3.56. The number of sulfonamides is 1. The van der Waals surface area contributed by atoms with Gasteiger partial charge in [-0.05, 0) is 61.7 Å². The first-order valence-electron chi connectivity index (χ1n) is 8.48. The van der Waals surface area contributed by atoms with Gasteiger partial charge in [-0.2, -0.15) is 0 Å². The topological polar surface area (TPSA) is 92.9 Å². The van der Waals surface area contributed by atoms with Gasteiger partial charge in [0.2, 0.25) is 10.0 Å².